The van der Waals surface area contributed by atoms with E-state index in [9.17, 15) is 4.79 Å². The van der Waals surface area contributed by atoms with Crippen molar-refractivity contribution in [1.29, 1.82) is 0 Å². The predicted octanol–water partition coefficient (Wildman–Crippen LogP) is 3.53. The average molecular weight is 248 g/mol. The molecule has 3 heteroatoms. The lowest BCUT2D eigenvalue weighted by Crippen LogP contribution is -1.93. The molecule has 98 valence electrons. The van der Waals surface area contributed by atoms with Crippen LogP contribution in [0.15, 0.2) is 24.3 Å². The van der Waals surface area contributed by atoms with Crippen molar-refractivity contribution in [3.05, 3.63) is 35.4 Å². The van der Waals surface area contributed by atoms with Gasteiger partial charge in [0.15, 0.2) is 0 Å². The van der Waals surface area contributed by atoms with E-state index in [2.05, 4.69) is 6.92 Å². The van der Waals surface area contributed by atoms with Crippen molar-refractivity contribution in [3.8, 4) is 5.75 Å². The third-order valence-electron chi connectivity index (χ3n) is 2.78. The first-order chi connectivity index (χ1) is 8.67. The van der Waals surface area contributed by atoms with Crippen LogP contribution < -0.4 is 4.74 Å². The summed E-state index contributed by atoms with van der Waals surface area (Å²) in [6.07, 6.45) is 7.26. The first kappa shape index (κ1) is 14.3. The molecule has 0 unspecified atom stereocenters. The second-order valence-corrected chi connectivity index (χ2v) is 4.20. The predicted molar refractivity (Wildman–Crippen MR) is 72.9 cm³/mol. The maximum absolute atomic E-state index is 10.5. The van der Waals surface area contributed by atoms with Crippen molar-refractivity contribution in [3.63, 3.8) is 0 Å². The zero-order valence-corrected chi connectivity index (χ0v) is 11.0. The molecule has 0 spiro atoms. The highest BCUT2D eigenvalue weighted by atomic mass is 16.5. The summed E-state index contributed by atoms with van der Waals surface area (Å²) < 4.78 is 5.34. The van der Waals surface area contributed by atoms with Gasteiger partial charge in [0, 0.05) is 6.08 Å². The summed E-state index contributed by atoms with van der Waals surface area (Å²) in [5.74, 6) is -0.111. The standard InChI is InChI=1S/C15H20O3/c1-3-4-5-6-13-9-7-12(8-10-15(16)17)11-14(13)18-2/h7-11H,3-6H2,1-2H3,(H,16,17). The van der Waals surface area contributed by atoms with E-state index in [0.29, 0.717) is 0 Å². The highest BCUT2D eigenvalue weighted by Crippen LogP contribution is 2.23. The van der Waals surface area contributed by atoms with Gasteiger partial charge in [-0.25, -0.2) is 4.79 Å². The molecule has 0 aromatic heterocycles. The number of ether oxygens (including phenoxy) is 1. The molecule has 18 heavy (non-hydrogen) atoms. The molecule has 1 aromatic carbocycles. The van der Waals surface area contributed by atoms with E-state index < -0.39 is 5.97 Å². The van der Waals surface area contributed by atoms with E-state index in [1.54, 1.807) is 13.2 Å². The van der Waals surface area contributed by atoms with E-state index in [0.717, 1.165) is 30.2 Å². The number of hydrogen-bond acceptors (Lipinski definition) is 2. The number of benzene rings is 1. The Labute approximate surface area is 108 Å². The lowest BCUT2D eigenvalue weighted by atomic mass is 10.0. The Bertz CT molecular complexity index is 422. The molecule has 1 N–H and O–H groups in total. The number of carbonyl (C=O) groups is 1. The Morgan fingerprint density at radius 1 is 1.39 bits per heavy atom. The number of carboxylic acids is 1. The lowest BCUT2D eigenvalue weighted by molar-refractivity contribution is -0.131. The van der Waals surface area contributed by atoms with Crippen molar-refractivity contribution in [2.75, 3.05) is 7.11 Å². The SMILES string of the molecule is CCCCCc1ccc(C=CC(=O)O)cc1OC. The third kappa shape index (κ3) is 4.62. The molecule has 0 bridgehead atoms. The van der Waals surface area contributed by atoms with Gasteiger partial charge in [0.1, 0.15) is 5.75 Å². The van der Waals surface area contributed by atoms with Crippen LogP contribution in [-0.2, 0) is 11.2 Å². The molecule has 0 aliphatic rings. The van der Waals surface area contributed by atoms with Gasteiger partial charge in [-0.3, -0.25) is 0 Å². The summed E-state index contributed by atoms with van der Waals surface area (Å²) in [6, 6.07) is 5.81. The number of aliphatic carboxylic acids is 1. The lowest BCUT2D eigenvalue weighted by Gasteiger charge is -2.09. The van der Waals surface area contributed by atoms with E-state index in [1.165, 1.54) is 18.4 Å². The van der Waals surface area contributed by atoms with Crippen LogP contribution in [0.2, 0.25) is 0 Å². The van der Waals surface area contributed by atoms with Crippen LogP contribution in [0, 0.1) is 0 Å². The van der Waals surface area contributed by atoms with E-state index in [4.69, 9.17) is 9.84 Å². The maximum Gasteiger partial charge on any atom is 0.328 e. The number of methoxy groups -OCH3 is 1. The van der Waals surface area contributed by atoms with Crippen LogP contribution in [0.25, 0.3) is 6.08 Å². The minimum absolute atomic E-state index is 0.832. The molecule has 0 saturated heterocycles. The number of rotatable bonds is 7. The van der Waals surface area contributed by atoms with Gasteiger partial charge in [0.2, 0.25) is 0 Å². The van der Waals surface area contributed by atoms with Crippen LogP contribution in [0.1, 0.15) is 37.3 Å². The Morgan fingerprint density at radius 3 is 2.78 bits per heavy atom. The van der Waals surface area contributed by atoms with Crippen LogP contribution in [-0.4, -0.2) is 18.2 Å². The maximum atomic E-state index is 10.5. The van der Waals surface area contributed by atoms with Crippen molar-refractivity contribution in [2.45, 2.75) is 32.6 Å². The second kappa shape index (κ2) is 7.54. The fraction of sp³-hybridized carbons (Fsp3) is 0.400. The molecule has 0 aliphatic carbocycles. The summed E-state index contributed by atoms with van der Waals surface area (Å²) >= 11 is 0. The first-order valence-corrected chi connectivity index (χ1v) is 6.25. The van der Waals surface area contributed by atoms with Gasteiger partial charge in [0.05, 0.1) is 7.11 Å². The van der Waals surface area contributed by atoms with E-state index >= 15 is 0 Å². The van der Waals surface area contributed by atoms with Gasteiger partial charge in [-0.2, -0.15) is 0 Å². The molecule has 1 rings (SSSR count). The molecule has 0 aliphatic heterocycles. The Kier molecular flexibility index (Phi) is 5.98. The van der Waals surface area contributed by atoms with Crippen molar-refractivity contribution in [1.82, 2.24) is 0 Å². The number of unbranched alkanes of at least 4 members (excludes halogenated alkanes) is 2. The van der Waals surface area contributed by atoms with Gasteiger partial charge in [-0.15, -0.1) is 0 Å². The average Bonchev–Trinajstić information content (AvgIpc) is 2.37. The molecule has 1 aromatic rings. The first-order valence-electron chi connectivity index (χ1n) is 6.25. The molecular formula is C15H20O3. The normalized spacial score (nSPS) is 10.8. The van der Waals surface area contributed by atoms with Crippen LogP contribution in [0.3, 0.4) is 0 Å². The smallest absolute Gasteiger partial charge is 0.328 e. The van der Waals surface area contributed by atoms with Crippen molar-refractivity contribution < 1.29 is 14.6 Å². The van der Waals surface area contributed by atoms with Gasteiger partial charge in [-0.05, 0) is 36.1 Å². The van der Waals surface area contributed by atoms with Crippen molar-refractivity contribution >= 4 is 12.0 Å². The fourth-order valence-corrected chi connectivity index (χ4v) is 1.80. The largest absolute Gasteiger partial charge is 0.496 e. The molecule has 0 atom stereocenters. The Hall–Kier alpha value is -1.77. The molecule has 3 nitrogen and oxygen atoms in total. The fourth-order valence-electron chi connectivity index (χ4n) is 1.80. The zero-order chi connectivity index (χ0) is 13.4. The summed E-state index contributed by atoms with van der Waals surface area (Å²) in [6.45, 7) is 2.18. The summed E-state index contributed by atoms with van der Waals surface area (Å²) in [5, 5.41) is 8.58. The number of aryl methyl sites for hydroxylation is 1. The number of carboxylic acid groups (broad SMARTS) is 1. The summed E-state index contributed by atoms with van der Waals surface area (Å²) in [4.78, 5) is 10.5. The van der Waals surface area contributed by atoms with Crippen LogP contribution >= 0.6 is 0 Å². The molecule has 0 amide bonds. The van der Waals surface area contributed by atoms with Gasteiger partial charge >= 0.3 is 5.97 Å². The highest BCUT2D eigenvalue weighted by Gasteiger charge is 2.03. The molecule has 0 radical (unpaired) electrons. The minimum Gasteiger partial charge on any atom is -0.496 e. The van der Waals surface area contributed by atoms with E-state index in [-0.39, 0.29) is 0 Å². The number of hydrogen-bond donors (Lipinski definition) is 1. The molecular weight excluding hydrogens is 228 g/mol. The highest BCUT2D eigenvalue weighted by molar-refractivity contribution is 5.85. The van der Waals surface area contributed by atoms with Gasteiger partial charge in [0.25, 0.3) is 0 Å². The molecule has 0 heterocycles. The quantitative estimate of drug-likeness (QED) is 0.593. The Balaban J connectivity index is 2.79. The van der Waals surface area contributed by atoms with Crippen LogP contribution in [0.4, 0.5) is 0 Å². The van der Waals surface area contributed by atoms with Crippen LogP contribution in [0.5, 0.6) is 5.75 Å². The second-order valence-electron chi connectivity index (χ2n) is 4.20. The molecule has 0 fully saturated rings. The van der Waals surface area contributed by atoms with Gasteiger partial charge < -0.3 is 9.84 Å². The van der Waals surface area contributed by atoms with Gasteiger partial charge in [-0.1, -0.05) is 31.9 Å². The minimum atomic E-state index is -0.944. The topological polar surface area (TPSA) is 46.5 Å². The summed E-state index contributed by atoms with van der Waals surface area (Å²) in [5.41, 5.74) is 2.02. The molecule has 0 saturated carbocycles. The van der Waals surface area contributed by atoms with Crippen molar-refractivity contribution in [2.24, 2.45) is 0 Å². The monoisotopic (exact) mass is 248 g/mol. The zero-order valence-electron chi connectivity index (χ0n) is 11.0. The summed E-state index contributed by atoms with van der Waals surface area (Å²) in [7, 11) is 1.64. The Morgan fingerprint density at radius 2 is 2.17 bits per heavy atom. The third-order valence-corrected chi connectivity index (χ3v) is 2.78. The van der Waals surface area contributed by atoms with E-state index in [1.807, 2.05) is 18.2 Å².